The second-order valence-corrected chi connectivity index (χ2v) is 10.8. The molecule has 0 bridgehead atoms. The predicted octanol–water partition coefficient (Wildman–Crippen LogP) is 3.12. The van der Waals surface area contributed by atoms with E-state index in [0.717, 1.165) is 51.4 Å². The van der Waals surface area contributed by atoms with Gasteiger partial charge in [0.05, 0.1) is 10.4 Å². The van der Waals surface area contributed by atoms with Crippen LogP contribution in [0.15, 0.2) is 34.1 Å². The van der Waals surface area contributed by atoms with E-state index in [-0.39, 0.29) is 27.8 Å². The molecule has 2 fully saturated rings. The number of hydrogen-bond donors (Lipinski definition) is 0. The molecule has 0 spiro atoms. The van der Waals surface area contributed by atoms with E-state index >= 15 is 0 Å². The highest BCUT2D eigenvalue weighted by Crippen LogP contribution is 2.27. The van der Waals surface area contributed by atoms with Crippen LogP contribution in [0.2, 0.25) is 0 Å². The number of sulfonamides is 1. The fourth-order valence-corrected chi connectivity index (χ4v) is 6.30. The first kappa shape index (κ1) is 22.0. The van der Waals surface area contributed by atoms with E-state index in [4.69, 9.17) is 0 Å². The largest absolute Gasteiger partial charge is 0.350 e. The van der Waals surface area contributed by atoms with Crippen LogP contribution >= 0.6 is 0 Å². The minimum Gasteiger partial charge on any atom is -0.350 e. The molecule has 1 saturated carbocycles. The standard InChI is InChI=1S/C23H31N3O4S/c1-24-16-20(23(28)26-13-7-4-8-14-26)22(27)19-15-18(11-12-21(19)24)31(29,30)25(2)17-9-5-3-6-10-17/h11-12,15-17H,3-10,13-14H2,1-2H3. The molecule has 1 aliphatic heterocycles. The van der Waals surface area contributed by atoms with Gasteiger partial charge in [0.15, 0.2) is 0 Å². The van der Waals surface area contributed by atoms with Gasteiger partial charge in [0.2, 0.25) is 15.5 Å². The normalized spacial score (nSPS) is 18.6. The van der Waals surface area contributed by atoms with Crippen molar-refractivity contribution in [2.75, 3.05) is 20.1 Å². The molecule has 2 aliphatic rings. The zero-order valence-corrected chi connectivity index (χ0v) is 19.2. The highest BCUT2D eigenvalue weighted by molar-refractivity contribution is 7.89. The zero-order chi connectivity index (χ0) is 22.2. The monoisotopic (exact) mass is 445 g/mol. The number of likely N-dealkylation sites (tertiary alicyclic amines) is 1. The number of nitrogens with zero attached hydrogens (tertiary/aromatic N) is 3. The molecule has 1 aromatic carbocycles. The van der Waals surface area contributed by atoms with Crippen LogP contribution in [0.4, 0.5) is 0 Å². The third kappa shape index (κ3) is 4.15. The fraction of sp³-hybridized carbons (Fsp3) is 0.565. The highest BCUT2D eigenvalue weighted by Gasteiger charge is 2.30. The van der Waals surface area contributed by atoms with Gasteiger partial charge in [-0.1, -0.05) is 19.3 Å². The van der Waals surface area contributed by atoms with Crippen LogP contribution in [0.5, 0.6) is 0 Å². The molecule has 1 saturated heterocycles. The van der Waals surface area contributed by atoms with E-state index in [0.29, 0.717) is 18.6 Å². The lowest BCUT2D eigenvalue weighted by Gasteiger charge is -2.30. The number of piperidine rings is 1. The first-order chi connectivity index (χ1) is 14.8. The Balaban J connectivity index is 1.74. The molecule has 1 aromatic heterocycles. The van der Waals surface area contributed by atoms with Crippen molar-refractivity contribution in [2.45, 2.75) is 62.3 Å². The van der Waals surface area contributed by atoms with Crippen molar-refractivity contribution in [3.63, 3.8) is 0 Å². The number of hydrogen-bond acceptors (Lipinski definition) is 4. The van der Waals surface area contributed by atoms with Gasteiger partial charge in [-0.3, -0.25) is 9.59 Å². The lowest BCUT2D eigenvalue weighted by atomic mass is 9.96. The van der Waals surface area contributed by atoms with E-state index in [1.165, 1.54) is 10.4 Å². The summed E-state index contributed by atoms with van der Waals surface area (Å²) in [5.41, 5.74) is 0.313. The van der Waals surface area contributed by atoms with Gasteiger partial charge >= 0.3 is 0 Å². The third-order valence-electron chi connectivity index (χ3n) is 6.80. The molecular formula is C23H31N3O4S. The molecule has 7 nitrogen and oxygen atoms in total. The van der Waals surface area contributed by atoms with E-state index in [9.17, 15) is 18.0 Å². The number of rotatable bonds is 4. The molecule has 168 valence electrons. The van der Waals surface area contributed by atoms with Crippen LogP contribution in [0.25, 0.3) is 10.9 Å². The molecular weight excluding hydrogens is 414 g/mol. The topological polar surface area (TPSA) is 79.7 Å². The minimum absolute atomic E-state index is 0.00991. The quantitative estimate of drug-likeness (QED) is 0.724. The van der Waals surface area contributed by atoms with E-state index < -0.39 is 15.5 Å². The molecule has 4 rings (SSSR count). The minimum atomic E-state index is -3.72. The van der Waals surface area contributed by atoms with Crippen molar-refractivity contribution in [1.29, 1.82) is 0 Å². The number of carbonyl (C=O) groups is 1. The second-order valence-electron chi connectivity index (χ2n) is 8.83. The van der Waals surface area contributed by atoms with Gasteiger partial charge in [-0.2, -0.15) is 4.31 Å². The third-order valence-corrected chi connectivity index (χ3v) is 8.71. The Morgan fingerprint density at radius 1 is 1.03 bits per heavy atom. The van der Waals surface area contributed by atoms with Gasteiger partial charge in [-0.15, -0.1) is 0 Å². The van der Waals surface area contributed by atoms with Gasteiger partial charge in [-0.05, 0) is 50.3 Å². The maximum atomic E-state index is 13.3. The summed E-state index contributed by atoms with van der Waals surface area (Å²) in [4.78, 5) is 28.1. The summed E-state index contributed by atoms with van der Waals surface area (Å²) in [6.07, 6.45) is 9.48. The molecule has 0 N–H and O–H groups in total. The summed E-state index contributed by atoms with van der Waals surface area (Å²) < 4.78 is 29.7. The van der Waals surface area contributed by atoms with Crippen molar-refractivity contribution >= 4 is 26.8 Å². The van der Waals surface area contributed by atoms with Crippen molar-refractivity contribution in [3.8, 4) is 0 Å². The SMILES string of the molecule is CN(C1CCCCC1)S(=O)(=O)c1ccc2c(c1)c(=O)c(C(=O)N1CCCCC1)cn2C. The summed E-state index contributed by atoms with van der Waals surface area (Å²) in [6.45, 7) is 1.31. The van der Waals surface area contributed by atoms with Gasteiger partial charge in [0, 0.05) is 44.8 Å². The van der Waals surface area contributed by atoms with Crippen LogP contribution in [0.3, 0.4) is 0 Å². The van der Waals surface area contributed by atoms with Gasteiger partial charge in [-0.25, -0.2) is 8.42 Å². The second kappa shape index (κ2) is 8.74. The number of benzene rings is 1. The lowest BCUT2D eigenvalue weighted by Crippen LogP contribution is -2.39. The number of carbonyl (C=O) groups excluding carboxylic acids is 1. The van der Waals surface area contributed by atoms with Crippen molar-refractivity contribution in [3.05, 3.63) is 40.2 Å². The number of fused-ring (bicyclic) bond motifs is 1. The first-order valence-electron chi connectivity index (χ1n) is 11.2. The lowest BCUT2D eigenvalue weighted by molar-refractivity contribution is 0.0722. The van der Waals surface area contributed by atoms with Crippen LogP contribution in [0.1, 0.15) is 61.7 Å². The highest BCUT2D eigenvalue weighted by atomic mass is 32.2. The van der Waals surface area contributed by atoms with Crippen LogP contribution < -0.4 is 5.43 Å². The van der Waals surface area contributed by atoms with Gasteiger partial charge in [0.25, 0.3) is 5.91 Å². The first-order valence-corrected chi connectivity index (χ1v) is 12.7. The Kier molecular flexibility index (Phi) is 6.21. The zero-order valence-electron chi connectivity index (χ0n) is 18.3. The van der Waals surface area contributed by atoms with Gasteiger partial charge < -0.3 is 9.47 Å². The molecule has 0 radical (unpaired) electrons. The molecule has 1 amide bonds. The van der Waals surface area contributed by atoms with E-state index in [1.807, 2.05) is 0 Å². The average Bonchev–Trinajstić information content (AvgIpc) is 2.81. The number of amides is 1. The predicted molar refractivity (Wildman–Crippen MR) is 121 cm³/mol. The van der Waals surface area contributed by atoms with Crippen LogP contribution in [-0.2, 0) is 17.1 Å². The summed E-state index contributed by atoms with van der Waals surface area (Å²) >= 11 is 0. The maximum Gasteiger partial charge on any atom is 0.259 e. The number of aryl methyl sites for hydroxylation is 1. The Hall–Kier alpha value is -2.19. The molecule has 1 aliphatic carbocycles. The summed E-state index contributed by atoms with van der Waals surface area (Å²) in [7, 11) is -0.320. The Morgan fingerprint density at radius 3 is 2.35 bits per heavy atom. The molecule has 0 atom stereocenters. The summed E-state index contributed by atoms with van der Waals surface area (Å²) in [5, 5.41) is 0.267. The van der Waals surface area contributed by atoms with Gasteiger partial charge in [0.1, 0.15) is 5.56 Å². The molecule has 2 aromatic rings. The Bertz CT molecular complexity index is 1140. The molecule has 31 heavy (non-hydrogen) atoms. The Labute approximate surface area is 183 Å². The van der Waals surface area contributed by atoms with Crippen molar-refractivity contribution in [2.24, 2.45) is 7.05 Å². The fourth-order valence-electron chi connectivity index (χ4n) is 4.86. The maximum absolute atomic E-state index is 13.3. The van der Waals surface area contributed by atoms with E-state index in [2.05, 4.69) is 0 Å². The van der Waals surface area contributed by atoms with Crippen molar-refractivity contribution < 1.29 is 13.2 Å². The number of pyridine rings is 1. The Morgan fingerprint density at radius 2 is 1.68 bits per heavy atom. The summed E-state index contributed by atoms with van der Waals surface area (Å²) in [6, 6.07) is 4.65. The van der Waals surface area contributed by atoms with Crippen molar-refractivity contribution in [1.82, 2.24) is 13.8 Å². The van der Waals surface area contributed by atoms with E-state index in [1.54, 1.807) is 41.9 Å². The molecule has 2 heterocycles. The van der Waals surface area contributed by atoms with Crippen LogP contribution in [-0.4, -0.2) is 54.3 Å². The molecule has 8 heteroatoms. The molecule has 0 unspecified atom stereocenters. The summed E-state index contributed by atoms with van der Waals surface area (Å²) in [5.74, 6) is -0.269. The number of aromatic nitrogens is 1. The average molecular weight is 446 g/mol. The van der Waals surface area contributed by atoms with Crippen LogP contribution in [0, 0.1) is 0 Å². The smallest absolute Gasteiger partial charge is 0.259 e.